The van der Waals surface area contributed by atoms with E-state index in [1.54, 1.807) is 29.6 Å². The maximum absolute atomic E-state index is 13.0. The number of H-pyrrole nitrogens is 1. The van der Waals surface area contributed by atoms with Crippen molar-refractivity contribution in [2.75, 3.05) is 5.73 Å². The Kier molecular flexibility index (Phi) is 7.44. The predicted octanol–water partition coefficient (Wildman–Crippen LogP) is 3.45. The molecule has 1 saturated carbocycles. The Morgan fingerprint density at radius 2 is 2.02 bits per heavy atom. The van der Waals surface area contributed by atoms with Crippen LogP contribution in [0.5, 0.6) is 0 Å². The molecule has 1 aliphatic rings. The van der Waals surface area contributed by atoms with Gasteiger partial charge in [-0.15, -0.1) is 0 Å². The van der Waals surface area contributed by atoms with Crippen LogP contribution in [0, 0.1) is 0 Å². The number of hydrogen-bond acceptors (Lipinski definition) is 9. The van der Waals surface area contributed by atoms with E-state index in [1.165, 1.54) is 17.8 Å². The number of carbonyl (C=O) groups is 2. The molecule has 1 atom stereocenters. The minimum absolute atomic E-state index is 0.141. The van der Waals surface area contributed by atoms with Crippen LogP contribution >= 0.6 is 0 Å². The molecule has 0 bridgehead atoms. The zero-order chi connectivity index (χ0) is 28.4. The van der Waals surface area contributed by atoms with Crippen LogP contribution in [0.1, 0.15) is 85.2 Å². The van der Waals surface area contributed by atoms with Gasteiger partial charge in [0.2, 0.25) is 5.82 Å². The molecule has 4 N–H and O–H groups in total. The molecule has 1 fully saturated rings. The minimum Gasteiger partial charge on any atom is -0.384 e. The number of nitrogen functional groups attached to an aromatic ring is 1. The average molecular weight is 544 g/mol. The van der Waals surface area contributed by atoms with Gasteiger partial charge in [-0.05, 0) is 52.5 Å². The largest absolute Gasteiger partial charge is 0.384 e. The Labute approximate surface area is 231 Å². The summed E-state index contributed by atoms with van der Waals surface area (Å²) in [5.74, 6) is -0.180. The number of anilines is 1. The molecule has 4 aromatic heterocycles. The predicted molar refractivity (Wildman–Crippen MR) is 148 cm³/mol. The van der Waals surface area contributed by atoms with Gasteiger partial charge in [-0.25, -0.2) is 9.97 Å². The van der Waals surface area contributed by atoms with Crippen LogP contribution in [0.4, 0.5) is 5.82 Å². The van der Waals surface area contributed by atoms with Crippen molar-refractivity contribution in [3.05, 3.63) is 65.9 Å². The number of nitrogens with two attached hydrogens (primary N) is 1. The van der Waals surface area contributed by atoms with Crippen molar-refractivity contribution in [1.82, 2.24) is 39.7 Å². The second-order valence-electron chi connectivity index (χ2n) is 10.3. The summed E-state index contributed by atoms with van der Waals surface area (Å²) in [7, 11) is 0. The third kappa shape index (κ3) is 4.97. The van der Waals surface area contributed by atoms with E-state index < -0.39 is 5.60 Å². The Morgan fingerprint density at radius 1 is 1.25 bits per heavy atom. The molecule has 0 radical (unpaired) electrons. The summed E-state index contributed by atoms with van der Waals surface area (Å²) < 4.78 is 1.47. The zero-order valence-electron chi connectivity index (χ0n) is 22.8. The van der Waals surface area contributed by atoms with Gasteiger partial charge in [-0.3, -0.25) is 19.7 Å². The van der Waals surface area contributed by atoms with Crippen molar-refractivity contribution in [3.63, 3.8) is 0 Å². The lowest BCUT2D eigenvalue weighted by molar-refractivity contribution is 0.0400. The molecular weight excluding hydrogens is 510 g/mol. The van der Waals surface area contributed by atoms with E-state index in [0.29, 0.717) is 53.8 Å². The Bertz CT molecular complexity index is 1550. The number of carbonyl (C=O) groups excluding carboxylic acids is 2. The number of aromatic amines is 1. The van der Waals surface area contributed by atoms with E-state index in [1.807, 2.05) is 26.0 Å². The lowest BCUT2D eigenvalue weighted by Gasteiger charge is -2.25. The van der Waals surface area contributed by atoms with Crippen LogP contribution in [0.25, 0.3) is 16.8 Å². The number of allylic oxidation sites excluding steroid dienone is 1. The second-order valence-corrected chi connectivity index (χ2v) is 10.3. The van der Waals surface area contributed by atoms with Crippen LogP contribution in [0.3, 0.4) is 0 Å². The van der Waals surface area contributed by atoms with Gasteiger partial charge in [0.15, 0.2) is 11.4 Å². The number of rotatable bonds is 9. The van der Waals surface area contributed by atoms with E-state index in [9.17, 15) is 14.7 Å². The maximum atomic E-state index is 13.0. The normalized spacial score (nSPS) is 15.6. The maximum Gasteiger partial charge on any atom is 0.295 e. The lowest BCUT2D eigenvalue weighted by atomic mass is 9.96. The van der Waals surface area contributed by atoms with Gasteiger partial charge in [0.25, 0.3) is 5.91 Å². The Morgan fingerprint density at radius 3 is 2.65 bits per heavy atom. The summed E-state index contributed by atoms with van der Waals surface area (Å²) in [6.07, 6.45) is 12.4. The standard InChI is InChI=1S/C28H33N9O3/c1-4-13-36(27(39)25-31-16-32-35-25)17(2)7-9-21-23(18(3)38)24(29)37-26(34-21)20(15-33-37)19-8-10-22(30-14-19)28(40)11-5-6-12-28/h4,8,10,13-17,40H,5-7,9,11-12,29H2,1-3H3,(H,31,32,35)/b13-4-/t17-/m1/s1. The van der Waals surface area contributed by atoms with Crippen molar-refractivity contribution in [1.29, 1.82) is 0 Å². The molecular formula is C28H33N9O3. The van der Waals surface area contributed by atoms with Crippen molar-refractivity contribution in [2.24, 2.45) is 0 Å². The highest BCUT2D eigenvalue weighted by Crippen LogP contribution is 2.38. The molecule has 40 heavy (non-hydrogen) atoms. The van der Waals surface area contributed by atoms with Crippen LogP contribution in [-0.2, 0) is 12.0 Å². The topological polar surface area (TPSA) is 168 Å². The summed E-state index contributed by atoms with van der Waals surface area (Å²) in [4.78, 5) is 40.6. The SMILES string of the molecule is C/C=C\N(C(=O)c1ncn[nH]1)[C@H](C)CCc1nc2c(-c3ccc(C4(O)CCCC4)nc3)cnn2c(N)c1C(C)=O. The summed E-state index contributed by atoms with van der Waals surface area (Å²) in [5, 5.41) is 21.7. The van der Waals surface area contributed by atoms with Gasteiger partial charge >= 0.3 is 0 Å². The first kappa shape index (κ1) is 27.1. The first-order valence-corrected chi connectivity index (χ1v) is 13.4. The number of nitrogens with zero attached hydrogens (tertiary/aromatic N) is 7. The fourth-order valence-electron chi connectivity index (χ4n) is 5.37. The van der Waals surface area contributed by atoms with Gasteiger partial charge in [-0.1, -0.05) is 25.0 Å². The van der Waals surface area contributed by atoms with Crippen molar-refractivity contribution < 1.29 is 14.7 Å². The molecule has 4 heterocycles. The third-order valence-electron chi connectivity index (χ3n) is 7.53. The smallest absolute Gasteiger partial charge is 0.295 e. The molecule has 1 amide bonds. The number of hydrogen-bond donors (Lipinski definition) is 3. The van der Waals surface area contributed by atoms with E-state index in [2.05, 4.69) is 25.3 Å². The molecule has 0 unspecified atom stereocenters. The van der Waals surface area contributed by atoms with E-state index in [0.717, 1.165) is 18.4 Å². The van der Waals surface area contributed by atoms with Crippen molar-refractivity contribution >= 4 is 23.2 Å². The van der Waals surface area contributed by atoms with Crippen LogP contribution in [-0.4, -0.2) is 62.5 Å². The van der Waals surface area contributed by atoms with Gasteiger partial charge in [0, 0.05) is 29.6 Å². The number of pyridine rings is 1. The van der Waals surface area contributed by atoms with Crippen LogP contribution in [0.15, 0.2) is 43.1 Å². The quantitative estimate of drug-likeness (QED) is 0.268. The Balaban J connectivity index is 1.46. The van der Waals surface area contributed by atoms with E-state index >= 15 is 0 Å². The second kappa shape index (κ2) is 11.0. The summed E-state index contributed by atoms with van der Waals surface area (Å²) in [6, 6.07) is 3.51. The van der Waals surface area contributed by atoms with Gasteiger partial charge in [-0.2, -0.15) is 14.7 Å². The van der Waals surface area contributed by atoms with Crippen molar-refractivity contribution in [2.45, 2.75) is 70.9 Å². The zero-order valence-corrected chi connectivity index (χ0v) is 22.8. The molecule has 5 rings (SSSR count). The molecule has 12 heteroatoms. The first-order chi connectivity index (χ1) is 19.2. The number of Topliss-reactive ketones (excluding diaryl/α,β-unsaturated/α-hetero) is 1. The Hall–Kier alpha value is -4.45. The molecule has 0 saturated heterocycles. The van der Waals surface area contributed by atoms with Crippen LogP contribution < -0.4 is 5.73 Å². The molecule has 4 aromatic rings. The van der Waals surface area contributed by atoms with E-state index in [-0.39, 0.29) is 29.4 Å². The molecule has 0 spiro atoms. The molecule has 208 valence electrons. The fourth-order valence-corrected chi connectivity index (χ4v) is 5.37. The summed E-state index contributed by atoms with van der Waals surface area (Å²) in [6.45, 7) is 5.19. The first-order valence-electron chi connectivity index (χ1n) is 13.4. The number of amides is 1. The van der Waals surface area contributed by atoms with E-state index in [4.69, 9.17) is 10.7 Å². The number of nitrogens with one attached hydrogen (secondary N) is 1. The molecule has 12 nitrogen and oxygen atoms in total. The highest BCUT2D eigenvalue weighted by Gasteiger charge is 2.34. The van der Waals surface area contributed by atoms with Gasteiger partial charge in [0.05, 0.1) is 23.1 Å². The summed E-state index contributed by atoms with van der Waals surface area (Å²) in [5.41, 5.74) is 9.08. The number of fused-ring (bicyclic) bond motifs is 1. The number of aromatic nitrogens is 7. The highest BCUT2D eigenvalue weighted by molar-refractivity contribution is 6.00. The number of ketones is 1. The number of aryl methyl sites for hydroxylation is 1. The summed E-state index contributed by atoms with van der Waals surface area (Å²) >= 11 is 0. The van der Waals surface area contributed by atoms with Gasteiger partial charge in [0.1, 0.15) is 17.7 Å². The number of aliphatic hydroxyl groups is 1. The molecule has 0 aliphatic heterocycles. The average Bonchev–Trinajstić information content (AvgIpc) is 3.72. The molecule has 0 aromatic carbocycles. The minimum atomic E-state index is -0.877. The fraction of sp³-hybridized carbons (Fsp3) is 0.393. The van der Waals surface area contributed by atoms with Crippen molar-refractivity contribution in [3.8, 4) is 11.1 Å². The monoisotopic (exact) mass is 543 g/mol. The van der Waals surface area contributed by atoms with Crippen LogP contribution in [0.2, 0.25) is 0 Å². The van der Waals surface area contributed by atoms with Gasteiger partial charge < -0.3 is 15.7 Å². The third-order valence-corrected chi connectivity index (χ3v) is 7.53. The lowest BCUT2D eigenvalue weighted by Crippen LogP contribution is -2.35. The highest BCUT2D eigenvalue weighted by atomic mass is 16.3. The molecule has 1 aliphatic carbocycles.